The van der Waals surface area contributed by atoms with Crippen molar-refractivity contribution in [3.8, 4) is 5.75 Å². The van der Waals surface area contributed by atoms with Gasteiger partial charge in [-0.2, -0.15) is 0 Å². The van der Waals surface area contributed by atoms with E-state index in [-0.39, 0.29) is 11.6 Å². The van der Waals surface area contributed by atoms with Crippen molar-refractivity contribution in [1.82, 2.24) is 4.90 Å². The highest BCUT2D eigenvalue weighted by Crippen LogP contribution is 2.25. The van der Waals surface area contributed by atoms with Gasteiger partial charge in [0, 0.05) is 24.5 Å². The molecule has 0 radical (unpaired) electrons. The molecule has 0 bridgehead atoms. The minimum absolute atomic E-state index is 0.211. The van der Waals surface area contributed by atoms with Crippen LogP contribution in [0.15, 0.2) is 77.9 Å². The molecule has 1 aliphatic rings. The van der Waals surface area contributed by atoms with Crippen molar-refractivity contribution in [2.24, 2.45) is 4.99 Å². The highest BCUT2D eigenvalue weighted by atomic mass is 19.1. The Balaban J connectivity index is 1.46. The second kappa shape index (κ2) is 8.91. The topological polar surface area (TPSA) is 24.8 Å². The molecule has 0 spiro atoms. The molecule has 0 N–H and O–H groups in total. The van der Waals surface area contributed by atoms with Gasteiger partial charge in [0.1, 0.15) is 19.1 Å². The third-order valence-corrected chi connectivity index (χ3v) is 4.93. The van der Waals surface area contributed by atoms with Gasteiger partial charge in [0.15, 0.2) is 11.6 Å². The molecule has 0 saturated carbocycles. The van der Waals surface area contributed by atoms with Crippen LogP contribution in [0.1, 0.15) is 22.3 Å². The average Bonchev–Trinajstić information content (AvgIpc) is 2.76. The normalized spacial score (nSPS) is 13.3. The molecular weight excluding hydrogens is 382 g/mol. The molecule has 0 saturated heterocycles. The summed E-state index contributed by atoms with van der Waals surface area (Å²) in [5.74, 6) is -0.407. The summed E-state index contributed by atoms with van der Waals surface area (Å²) in [6.45, 7) is 3.16. The first-order chi connectivity index (χ1) is 14.6. The Morgan fingerprint density at radius 1 is 0.933 bits per heavy atom. The summed E-state index contributed by atoms with van der Waals surface area (Å²) in [6, 6.07) is 19.7. The van der Waals surface area contributed by atoms with Gasteiger partial charge in [-0.3, -0.25) is 4.99 Å². The molecular formula is C25H22F2N2O. The lowest BCUT2D eigenvalue weighted by atomic mass is 10.1. The van der Waals surface area contributed by atoms with Crippen molar-refractivity contribution >= 4 is 11.8 Å². The van der Waals surface area contributed by atoms with Crippen molar-refractivity contribution in [1.29, 1.82) is 0 Å². The van der Waals surface area contributed by atoms with Crippen LogP contribution in [0.25, 0.3) is 5.57 Å². The fourth-order valence-electron chi connectivity index (χ4n) is 3.33. The zero-order chi connectivity index (χ0) is 20.9. The van der Waals surface area contributed by atoms with E-state index in [9.17, 15) is 8.78 Å². The number of hydrogen-bond donors (Lipinski definition) is 0. The van der Waals surface area contributed by atoms with Crippen LogP contribution in [0.3, 0.4) is 0 Å². The Bertz CT molecular complexity index is 1090. The second-order valence-corrected chi connectivity index (χ2v) is 7.29. The summed E-state index contributed by atoms with van der Waals surface area (Å²) >= 11 is 0. The highest BCUT2D eigenvalue weighted by molar-refractivity contribution is 6.10. The molecule has 3 nitrogen and oxygen atoms in total. The Labute approximate surface area is 175 Å². The summed E-state index contributed by atoms with van der Waals surface area (Å²) in [6.07, 6.45) is 3.69. The third-order valence-electron chi connectivity index (χ3n) is 4.93. The zero-order valence-corrected chi connectivity index (χ0v) is 16.7. The van der Waals surface area contributed by atoms with Gasteiger partial charge in [-0.1, -0.05) is 48.5 Å². The van der Waals surface area contributed by atoms with Gasteiger partial charge < -0.3 is 9.64 Å². The van der Waals surface area contributed by atoms with Crippen LogP contribution >= 0.6 is 0 Å². The van der Waals surface area contributed by atoms with Gasteiger partial charge in [0.25, 0.3) is 0 Å². The highest BCUT2D eigenvalue weighted by Gasteiger charge is 2.12. The number of benzene rings is 3. The Kier molecular flexibility index (Phi) is 5.89. The van der Waals surface area contributed by atoms with Crippen LogP contribution in [0, 0.1) is 18.6 Å². The van der Waals surface area contributed by atoms with Gasteiger partial charge in [-0.25, -0.2) is 8.78 Å². The third kappa shape index (κ3) is 4.74. The van der Waals surface area contributed by atoms with E-state index in [0.29, 0.717) is 25.4 Å². The summed E-state index contributed by atoms with van der Waals surface area (Å²) in [5.41, 5.74) is 4.13. The van der Waals surface area contributed by atoms with E-state index in [2.05, 4.69) is 4.99 Å². The number of rotatable bonds is 6. The lowest BCUT2D eigenvalue weighted by Gasteiger charge is -2.23. The van der Waals surface area contributed by atoms with Gasteiger partial charge >= 0.3 is 0 Å². The van der Waals surface area contributed by atoms with E-state index < -0.39 is 5.82 Å². The first kappa shape index (κ1) is 19.8. The number of aliphatic imine (C=N–C) groups is 1. The Morgan fingerprint density at radius 2 is 1.77 bits per heavy atom. The quantitative estimate of drug-likeness (QED) is 0.524. The molecule has 0 fully saturated rings. The summed E-state index contributed by atoms with van der Waals surface area (Å²) in [7, 11) is 0. The summed E-state index contributed by atoms with van der Waals surface area (Å²) in [5, 5.41) is 0. The predicted molar refractivity (Wildman–Crippen MR) is 115 cm³/mol. The van der Waals surface area contributed by atoms with Gasteiger partial charge in [0.05, 0.1) is 0 Å². The fraction of sp³-hybridized carbons (Fsp3) is 0.160. The number of nitrogens with zero attached hydrogens (tertiary/aromatic N) is 2. The fourth-order valence-corrected chi connectivity index (χ4v) is 3.33. The van der Waals surface area contributed by atoms with E-state index in [0.717, 1.165) is 22.3 Å². The standard InChI is InChI=1S/C25H22F2N2O/c1-18-11-20(7-9-23(18)26)14-29-15-22(13-28-17-29)21-8-10-25(24(27)12-21)30-16-19-5-3-2-4-6-19/h2-13,15H,14,16-17H2,1H3. The smallest absolute Gasteiger partial charge is 0.165 e. The van der Waals surface area contributed by atoms with E-state index in [1.807, 2.05) is 53.6 Å². The van der Waals surface area contributed by atoms with Crippen LogP contribution in [0.2, 0.25) is 0 Å². The van der Waals surface area contributed by atoms with Crippen molar-refractivity contribution < 1.29 is 13.5 Å². The molecule has 3 aromatic carbocycles. The minimum atomic E-state index is -0.413. The van der Waals surface area contributed by atoms with Crippen molar-refractivity contribution in [2.75, 3.05) is 6.67 Å². The maximum Gasteiger partial charge on any atom is 0.165 e. The molecule has 0 unspecified atom stereocenters. The van der Waals surface area contributed by atoms with E-state index >= 15 is 0 Å². The SMILES string of the molecule is Cc1cc(CN2C=C(c3ccc(OCc4ccccc4)c(F)c3)C=NC2)ccc1F. The molecule has 3 aromatic rings. The number of ether oxygens (including phenoxy) is 1. The monoisotopic (exact) mass is 404 g/mol. The largest absolute Gasteiger partial charge is 0.486 e. The second-order valence-electron chi connectivity index (χ2n) is 7.29. The van der Waals surface area contributed by atoms with Crippen LogP contribution in [0.4, 0.5) is 8.78 Å². The number of halogens is 2. The first-order valence-electron chi connectivity index (χ1n) is 9.76. The van der Waals surface area contributed by atoms with Crippen LogP contribution in [-0.2, 0) is 13.2 Å². The Hall–Kier alpha value is -3.47. The van der Waals surface area contributed by atoms with Crippen LogP contribution in [0.5, 0.6) is 5.75 Å². The molecule has 5 heteroatoms. The van der Waals surface area contributed by atoms with Crippen molar-refractivity contribution in [3.63, 3.8) is 0 Å². The molecule has 4 rings (SSSR count). The average molecular weight is 404 g/mol. The van der Waals surface area contributed by atoms with Gasteiger partial charge in [0.2, 0.25) is 0 Å². The van der Waals surface area contributed by atoms with Gasteiger partial charge in [-0.15, -0.1) is 0 Å². The van der Waals surface area contributed by atoms with Crippen LogP contribution < -0.4 is 4.74 Å². The molecule has 1 heterocycles. The molecule has 152 valence electrons. The molecule has 0 aromatic heterocycles. The van der Waals surface area contributed by atoms with E-state index in [1.165, 1.54) is 12.1 Å². The zero-order valence-electron chi connectivity index (χ0n) is 16.7. The van der Waals surface area contributed by atoms with E-state index in [1.54, 1.807) is 25.3 Å². The van der Waals surface area contributed by atoms with E-state index in [4.69, 9.17) is 4.74 Å². The number of allylic oxidation sites excluding steroid dienone is 1. The van der Waals surface area contributed by atoms with Crippen molar-refractivity contribution in [3.05, 3.63) is 107 Å². The van der Waals surface area contributed by atoms with Crippen LogP contribution in [-0.4, -0.2) is 17.8 Å². The number of aryl methyl sites for hydroxylation is 1. The van der Waals surface area contributed by atoms with Crippen molar-refractivity contribution in [2.45, 2.75) is 20.1 Å². The number of hydrogen-bond acceptors (Lipinski definition) is 3. The summed E-state index contributed by atoms with van der Waals surface area (Å²) in [4.78, 5) is 6.40. The minimum Gasteiger partial charge on any atom is -0.486 e. The lowest BCUT2D eigenvalue weighted by molar-refractivity contribution is 0.290. The molecule has 0 aliphatic carbocycles. The summed E-state index contributed by atoms with van der Waals surface area (Å²) < 4.78 is 33.7. The molecule has 0 atom stereocenters. The predicted octanol–water partition coefficient (Wildman–Crippen LogP) is 5.74. The Morgan fingerprint density at radius 3 is 2.53 bits per heavy atom. The molecule has 1 aliphatic heterocycles. The first-order valence-corrected chi connectivity index (χ1v) is 9.76. The lowest BCUT2D eigenvalue weighted by Crippen LogP contribution is -2.20. The molecule has 0 amide bonds. The maximum absolute atomic E-state index is 14.6. The maximum atomic E-state index is 14.6. The van der Waals surface area contributed by atoms with Gasteiger partial charge in [-0.05, 0) is 47.4 Å². The molecule has 30 heavy (non-hydrogen) atoms.